The highest BCUT2D eigenvalue weighted by atomic mass is 19.1. The SMILES string of the molecule is COCc1c(Oc2c(F)ccc(F)c2C#N)ccc2ncn(-c3cnc(N4CCN(C(=O)OC(C)(C)C)CC4)nc3)c(=O)c12. The summed E-state index contributed by atoms with van der Waals surface area (Å²) < 4.78 is 46.5. The van der Waals surface area contributed by atoms with Crippen LogP contribution < -0.4 is 15.2 Å². The molecule has 1 aliphatic rings. The number of carbonyl (C=O) groups is 1. The van der Waals surface area contributed by atoms with Gasteiger partial charge in [-0.05, 0) is 45.0 Å². The first-order chi connectivity index (χ1) is 21.0. The Kier molecular flexibility index (Phi) is 8.41. The second-order valence-electron chi connectivity index (χ2n) is 10.9. The summed E-state index contributed by atoms with van der Waals surface area (Å²) in [4.78, 5) is 43.0. The zero-order valence-corrected chi connectivity index (χ0v) is 24.5. The van der Waals surface area contributed by atoms with Gasteiger partial charge < -0.3 is 24.0 Å². The largest absolute Gasteiger partial charge is 0.452 e. The molecular formula is C30H29F2N7O5. The minimum absolute atomic E-state index is 0.00544. The number of hydrogen-bond donors (Lipinski definition) is 0. The zero-order valence-electron chi connectivity index (χ0n) is 24.5. The van der Waals surface area contributed by atoms with Crippen LogP contribution in [0.4, 0.5) is 19.5 Å². The van der Waals surface area contributed by atoms with E-state index in [-0.39, 0.29) is 29.4 Å². The van der Waals surface area contributed by atoms with Gasteiger partial charge >= 0.3 is 6.09 Å². The first-order valence-electron chi connectivity index (χ1n) is 13.6. The predicted molar refractivity (Wildman–Crippen MR) is 155 cm³/mol. The van der Waals surface area contributed by atoms with Gasteiger partial charge in [0.05, 0.1) is 35.6 Å². The molecule has 4 aromatic rings. The molecule has 0 N–H and O–H groups in total. The molecule has 0 spiro atoms. The number of nitrogens with zero attached hydrogens (tertiary/aromatic N) is 7. The Balaban J connectivity index is 1.43. The number of benzene rings is 2. The van der Waals surface area contributed by atoms with Crippen LogP contribution in [0.3, 0.4) is 0 Å². The first-order valence-corrected chi connectivity index (χ1v) is 13.6. The average Bonchev–Trinajstić information content (AvgIpc) is 2.99. The monoisotopic (exact) mass is 605 g/mol. The number of methoxy groups -OCH3 is 1. The molecule has 2 aromatic heterocycles. The highest BCUT2D eigenvalue weighted by molar-refractivity contribution is 5.84. The van der Waals surface area contributed by atoms with Gasteiger partial charge in [0, 0.05) is 38.9 Å². The Morgan fingerprint density at radius 1 is 1.02 bits per heavy atom. The van der Waals surface area contributed by atoms with Crippen molar-refractivity contribution in [2.24, 2.45) is 0 Å². The van der Waals surface area contributed by atoms with Crippen LogP contribution >= 0.6 is 0 Å². The second kappa shape index (κ2) is 12.2. The number of aromatic nitrogens is 4. The number of carbonyl (C=O) groups excluding carboxylic acids is 1. The van der Waals surface area contributed by atoms with Gasteiger partial charge in [0.25, 0.3) is 5.56 Å². The molecular weight excluding hydrogens is 576 g/mol. The minimum Gasteiger partial charge on any atom is -0.452 e. The molecule has 228 valence electrons. The van der Waals surface area contributed by atoms with E-state index >= 15 is 0 Å². The molecule has 14 heteroatoms. The zero-order chi connectivity index (χ0) is 31.6. The highest BCUT2D eigenvalue weighted by Gasteiger charge is 2.27. The normalized spacial score (nSPS) is 13.6. The van der Waals surface area contributed by atoms with Crippen LogP contribution in [0, 0.1) is 23.0 Å². The van der Waals surface area contributed by atoms with Crippen LogP contribution in [0.5, 0.6) is 11.5 Å². The molecule has 12 nitrogen and oxygen atoms in total. The molecule has 0 saturated carbocycles. The van der Waals surface area contributed by atoms with Crippen LogP contribution in [0.15, 0.2) is 47.8 Å². The maximum absolute atomic E-state index is 14.6. The van der Waals surface area contributed by atoms with Crippen LogP contribution in [0.25, 0.3) is 16.6 Å². The number of halogens is 2. The summed E-state index contributed by atoms with van der Waals surface area (Å²) in [7, 11) is 1.40. The molecule has 1 aliphatic heterocycles. The predicted octanol–water partition coefficient (Wildman–Crippen LogP) is 4.32. The summed E-state index contributed by atoms with van der Waals surface area (Å²) in [5.41, 5.74) is -0.827. The Bertz CT molecular complexity index is 1810. The number of rotatable bonds is 6. The Morgan fingerprint density at radius 2 is 1.70 bits per heavy atom. The maximum atomic E-state index is 14.6. The van der Waals surface area contributed by atoms with Gasteiger partial charge in [-0.15, -0.1) is 0 Å². The van der Waals surface area contributed by atoms with E-state index in [4.69, 9.17) is 14.2 Å². The molecule has 0 atom stereocenters. The van der Waals surface area contributed by atoms with Crippen molar-refractivity contribution in [2.75, 3.05) is 38.2 Å². The summed E-state index contributed by atoms with van der Waals surface area (Å²) in [5, 5.41) is 9.48. The lowest BCUT2D eigenvalue weighted by atomic mass is 10.1. The number of amides is 1. The van der Waals surface area contributed by atoms with Gasteiger partial charge in [0.1, 0.15) is 35.1 Å². The first kappa shape index (κ1) is 30.3. The van der Waals surface area contributed by atoms with E-state index in [1.165, 1.54) is 42.5 Å². The number of anilines is 1. The van der Waals surface area contributed by atoms with Gasteiger partial charge in [-0.1, -0.05) is 0 Å². The summed E-state index contributed by atoms with van der Waals surface area (Å²) in [6.45, 7) is 7.20. The topological polar surface area (TPSA) is 136 Å². The maximum Gasteiger partial charge on any atom is 0.410 e. The molecule has 1 fully saturated rings. The molecule has 44 heavy (non-hydrogen) atoms. The molecule has 0 unspecified atom stereocenters. The summed E-state index contributed by atoms with van der Waals surface area (Å²) in [5.74, 6) is -2.08. The number of ether oxygens (including phenoxy) is 3. The number of nitriles is 1. The molecule has 0 bridgehead atoms. The van der Waals surface area contributed by atoms with Crippen molar-refractivity contribution in [1.82, 2.24) is 24.4 Å². The lowest BCUT2D eigenvalue weighted by molar-refractivity contribution is 0.0240. The lowest BCUT2D eigenvalue weighted by Gasteiger charge is -2.35. The van der Waals surface area contributed by atoms with Crippen LogP contribution in [0.2, 0.25) is 0 Å². The van der Waals surface area contributed by atoms with E-state index in [0.29, 0.717) is 43.3 Å². The van der Waals surface area contributed by atoms with Gasteiger partial charge in [-0.25, -0.2) is 28.5 Å². The molecule has 3 heterocycles. The molecule has 1 amide bonds. The van der Waals surface area contributed by atoms with E-state index in [1.807, 2.05) is 25.7 Å². The number of piperazine rings is 1. The fourth-order valence-corrected chi connectivity index (χ4v) is 4.69. The summed E-state index contributed by atoms with van der Waals surface area (Å²) in [6.07, 6.45) is 3.92. The van der Waals surface area contributed by atoms with Crippen molar-refractivity contribution in [1.29, 1.82) is 5.26 Å². The fraction of sp³-hybridized carbons (Fsp3) is 0.333. The third-order valence-electron chi connectivity index (χ3n) is 6.78. The Labute approximate surface area is 251 Å². The second-order valence-corrected chi connectivity index (χ2v) is 10.9. The number of fused-ring (bicyclic) bond motifs is 1. The van der Waals surface area contributed by atoms with Crippen molar-refractivity contribution < 1.29 is 27.8 Å². The molecule has 2 aromatic carbocycles. The van der Waals surface area contributed by atoms with Gasteiger partial charge in [0.2, 0.25) is 5.95 Å². The van der Waals surface area contributed by atoms with E-state index in [2.05, 4.69) is 15.0 Å². The van der Waals surface area contributed by atoms with Crippen molar-refractivity contribution in [3.05, 3.63) is 76.1 Å². The van der Waals surface area contributed by atoms with Crippen molar-refractivity contribution in [2.45, 2.75) is 33.0 Å². The number of hydrogen-bond acceptors (Lipinski definition) is 10. The Hall–Kier alpha value is -5.16. The van der Waals surface area contributed by atoms with Crippen LogP contribution in [0.1, 0.15) is 31.9 Å². The molecule has 0 aliphatic carbocycles. The third kappa shape index (κ3) is 6.13. The fourth-order valence-electron chi connectivity index (χ4n) is 4.69. The van der Waals surface area contributed by atoms with E-state index in [1.54, 1.807) is 11.0 Å². The third-order valence-corrected chi connectivity index (χ3v) is 6.78. The molecule has 1 saturated heterocycles. The van der Waals surface area contributed by atoms with Crippen LogP contribution in [-0.4, -0.2) is 69.4 Å². The molecule has 5 rings (SSSR count). The van der Waals surface area contributed by atoms with E-state index < -0.39 is 34.1 Å². The summed E-state index contributed by atoms with van der Waals surface area (Å²) >= 11 is 0. The van der Waals surface area contributed by atoms with Gasteiger partial charge in [0.15, 0.2) is 11.6 Å². The lowest BCUT2D eigenvalue weighted by Crippen LogP contribution is -2.50. The van der Waals surface area contributed by atoms with E-state index in [0.717, 1.165) is 12.1 Å². The van der Waals surface area contributed by atoms with Crippen molar-refractivity contribution in [3.8, 4) is 23.3 Å². The smallest absolute Gasteiger partial charge is 0.410 e. The Morgan fingerprint density at radius 3 is 2.34 bits per heavy atom. The summed E-state index contributed by atoms with van der Waals surface area (Å²) in [6, 6.07) is 6.23. The minimum atomic E-state index is -0.949. The van der Waals surface area contributed by atoms with E-state index in [9.17, 15) is 23.6 Å². The standard InChI is InChI=1S/C30H29F2N7O5/c1-30(2,3)44-29(41)38-11-9-37(10-12-38)28-34-14-18(15-35-28)39-17-36-23-7-8-24(20(16-42-4)25(23)27(39)40)43-26-19(13-33)21(31)5-6-22(26)32/h5-8,14-15,17H,9-12,16H2,1-4H3. The van der Waals surface area contributed by atoms with Gasteiger partial charge in [-0.2, -0.15) is 5.26 Å². The average molecular weight is 606 g/mol. The highest BCUT2D eigenvalue weighted by Crippen LogP contribution is 2.34. The van der Waals surface area contributed by atoms with Crippen LogP contribution in [-0.2, 0) is 16.1 Å². The molecule has 0 radical (unpaired) electrons. The van der Waals surface area contributed by atoms with Gasteiger partial charge in [-0.3, -0.25) is 9.36 Å². The van der Waals surface area contributed by atoms with Crippen molar-refractivity contribution in [3.63, 3.8) is 0 Å². The van der Waals surface area contributed by atoms with Crippen molar-refractivity contribution >= 4 is 22.9 Å². The quantitative estimate of drug-likeness (QED) is 0.313.